The molecule has 1 aliphatic rings. The maximum Gasteiger partial charge on any atom is 0.271 e. The van der Waals surface area contributed by atoms with Gasteiger partial charge in [-0.3, -0.25) is 14.5 Å². The maximum absolute atomic E-state index is 13.3. The summed E-state index contributed by atoms with van der Waals surface area (Å²) in [5.74, 6) is 0.572. The fourth-order valence-corrected chi connectivity index (χ4v) is 3.53. The Morgan fingerprint density at radius 2 is 1.79 bits per heavy atom. The molecule has 0 atom stereocenters. The summed E-state index contributed by atoms with van der Waals surface area (Å²) >= 11 is 0. The smallest absolute Gasteiger partial charge is 0.271 e. The average Bonchev–Trinajstić information content (AvgIpc) is 2.81. The lowest BCUT2D eigenvalue weighted by Crippen LogP contribution is -2.43. The van der Waals surface area contributed by atoms with Crippen molar-refractivity contribution in [3.05, 3.63) is 76.4 Å². The number of ether oxygens (including phenoxy) is 2. The van der Waals surface area contributed by atoms with Gasteiger partial charge in [0.15, 0.2) is 11.5 Å². The monoisotopic (exact) mass is 444 g/mol. The van der Waals surface area contributed by atoms with Crippen molar-refractivity contribution in [2.75, 3.05) is 20.3 Å². The Labute approximate surface area is 194 Å². The van der Waals surface area contributed by atoms with E-state index in [0.717, 1.165) is 10.5 Å². The third-order valence-corrected chi connectivity index (χ3v) is 5.36. The number of nitriles is 1. The predicted octanol–water partition coefficient (Wildman–Crippen LogP) is 4.56. The number of methoxy groups -OCH3 is 1. The van der Waals surface area contributed by atoms with Crippen LogP contribution in [-0.4, -0.2) is 37.0 Å². The lowest BCUT2D eigenvalue weighted by molar-refractivity contribution is -0.140. The van der Waals surface area contributed by atoms with Crippen molar-refractivity contribution in [1.29, 1.82) is 5.26 Å². The number of benzene rings is 2. The molecule has 0 N–H and O–H groups in total. The van der Waals surface area contributed by atoms with Crippen LogP contribution in [0.25, 0.3) is 6.08 Å². The van der Waals surface area contributed by atoms with Crippen molar-refractivity contribution < 1.29 is 19.1 Å². The molecule has 0 unspecified atom stereocenters. The molecule has 0 fully saturated rings. The number of hydrogen-bond acceptors (Lipinski definition) is 5. The molecule has 0 saturated heterocycles. The minimum Gasteiger partial charge on any atom is -0.493 e. The van der Waals surface area contributed by atoms with Crippen molar-refractivity contribution in [1.82, 2.24) is 4.90 Å². The molecule has 3 rings (SSSR count). The summed E-state index contributed by atoms with van der Waals surface area (Å²) < 4.78 is 11.3. The van der Waals surface area contributed by atoms with E-state index in [0.29, 0.717) is 47.2 Å². The molecule has 170 valence electrons. The van der Waals surface area contributed by atoms with Gasteiger partial charge < -0.3 is 9.47 Å². The first-order valence-corrected chi connectivity index (χ1v) is 10.9. The molecular formula is C27H28N2O4. The van der Waals surface area contributed by atoms with Crippen LogP contribution in [0.2, 0.25) is 0 Å². The van der Waals surface area contributed by atoms with E-state index in [4.69, 9.17) is 9.47 Å². The molecule has 6 heteroatoms. The van der Waals surface area contributed by atoms with Crippen molar-refractivity contribution in [3.8, 4) is 17.6 Å². The van der Waals surface area contributed by atoms with Crippen LogP contribution in [0.1, 0.15) is 31.9 Å². The molecule has 1 heterocycles. The van der Waals surface area contributed by atoms with E-state index in [9.17, 15) is 14.9 Å². The fraction of sp³-hybridized carbons (Fsp3) is 0.296. The number of amides is 2. The van der Waals surface area contributed by atoms with Gasteiger partial charge in [-0.1, -0.05) is 50.2 Å². The lowest BCUT2D eigenvalue weighted by Gasteiger charge is -2.27. The van der Waals surface area contributed by atoms with Gasteiger partial charge in [0.25, 0.3) is 11.8 Å². The molecule has 0 aliphatic carbocycles. The van der Waals surface area contributed by atoms with Gasteiger partial charge in [0.1, 0.15) is 11.6 Å². The standard InChI is InChI=1S/C27H28N2O4/c1-18(2)17-33-24-11-10-21(15-25(24)32-4)14-22-19(3)23(16-28)27(31)29(26(22)30)13-12-20-8-6-5-7-9-20/h5-11,14-15,18H,12-13,17H2,1-4H3/b22-14+. The molecule has 0 spiro atoms. The molecule has 1 aliphatic heterocycles. The summed E-state index contributed by atoms with van der Waals surface area (Å²) in [6, 6.07) is 17.0. The highest BCUT2D eigenvalue weighted by Crippen LogP contribution is 2.32. The highest BCUT2D eigenvalue weighted by Gasteiger charge is 2.35. The predicted molar refractivity (Wildman–Crippen MR) is 126 cm³/mol. The summed E-state index contributed by atoms with van der Waals surface area (Å²) in [6.45, 7) is 6.51. The van der Waals surface area contributed by atoms with Gasteiger partial charge >= 0.3 is 0 Å². The summed E-state index contributed by atoms with van der Waals surface area (Å²) in [6.07, 6.45) is 2.20. The highest BCUT2D eigenvalue weighted by atomic mass is 16.5. The first-order chi connectivity index (χ1) is 15.8. The Hall–Kier alpha value is -3.85. The second kappa shape index (κ2) is 10.6. The van der Waals surface area contributed by atoms with Crippen LogP contribution in [0.15, 0.2) is 65.3 Å². The van der Waals surface area contributed by atoms with E-state index >= 15 is 0 Å². The van der Waals surface area contributed by atoms with E-state index in [1.807, 2.05) is 42.5 Å². The number of hydrogen-bond donors (Lipinski definition) is 0. The van der Waals surface area contributed by atoms with Crippen molar-refractivity contribution in [2.45, 2.75) is 27.2 Å². The minimum atomic E-state index is -0.553. The minimum absolute atomic E-state index is 0.0160. The quantitative estimate of drug-likeness (QED) is 0.440. The lowest BCUT2D eigenvalue weighted by atomic mass is 9.93. The molecule has 2 aromatic carbocycles. The van der Waals surface area contributed by atoms with Gasteiger partial charge in [-0.05, 0) is 54.2 Å². The second-order valence-corrected chi connectivity index (χ2v) is 8.28. The zero-order valence-corrected chi connectivity index (χ0v) is 19.4. The fourth-order valence-electron chi connectivity index (χ4n) is 3.53. The van der Waals surface area contributed by atoms with Crippen molar-refractivity contribution >= 4 is 17.9 Å². The molecular weight excluding hydrogens is 416 g/mol. The topological polar surface area (TPSA) is 79.6 Å². The SMILES string of the molecule is COc1cc(/C=C2/C(=O)N(CCc3ccccc3)C(=O)C(C#N)=C2C)ccc1OCC(C)C. The molecule has 2 aromatic rings. The van der Waals surface area contributed by atoms with Gasteiger partial charge in [0.2, 0.25) is 0 Å². The van der Waals surface area contributed by atoms with E-state index in [-0.39, 0.29) is 12.1 Å². The van der Waals surface area contributed by atoms with Crippen molar-refractivity contribution in [2.24, 2.45) is 5.92 Å². The Morgan fingerprint density at radius 1 is 1.06 bits per heavy atom. The van der Waals surface area contributed by atoms with Crippen LogP contribution in [0, 0.1) is 17.2 Å². The third kappa shape index (κ3) is 5.50. The number of carbonyl (C=O) groups is 2. The molecule has 6 nitrogen and oxygen atoms in total. The van der Waals surface area contributed by atoms with Gasteiger partial charge in [-0.15, -0.1) is 0 Å². The summed E-state index contributed by atoms with van der Waals surface area (Å²) in [4.78, 5) is 27.3. The largest absolute Gasteiger partial charge is 0.493 e. The van der Waals surface area contributed by atoms with E-state index in [2.05, 4.69) is 13.8 Å². The molecule has 0 saturated carbocycles. The zero-order chi connectivity index (χ0) is 24.0. The Morgan fingerprint density at radius 3 is 2.42 bits per heavy atom. The van der Waals surface area contributed by atoms with Crippen LogP contribution in [0.4, 0.5) is 0 Å². The van der Waals surface area contributed by atoms with Crippen LogP contribution >= 0.6 is 0 Å². The van der Waals surface area contributed by atoms with Crippen LogP contribution < -0.4 is 9.47 Å². The van der Waals surface area contributed by atoms with Crippen LogP contribution in [0.5, 0.6) is 11.5 Å². The first-order valence-electron chi connectivity index (χ1n) is 10.9. The van der Waals surface area contributed by atoms with Crippen LogP contribution in [-0.2, 0) is 16.0 Å². The normalized spacial score (nSPS) is 15.3. The Kier molecular flexibility index (Phi) is 7.68. The summed E-state index contributed by atoms with van der Waals surface area (Å²) in [5, 5.41) is 9.60. The first kappa shape index (κ1) is 23.8. The summed E-state index contributed by atoms with van der Waals surface area (Å²) in [7, 11) is 1.56. The molecule has 0 aromatic heterocycles. The highest BCUT2D eigenvalue weighted by molar-refractivity contribution is 6.19. The van der Waals surface area contributed by atoms with Gasteiger partial charge in [-0.25, -0.2) is 0 Å². The number of nitrogens with zero attached hydrogens (tertiary/aromatic N) is 2. The van der Waals surface area contributed by atoms with E-state index in [1.165, 1.54) is 0 Å². The van der Waals surface area contributed by atoms with E-state index in [1.54, 1.807) is 32.2 Å². The molecule has 0 radical (unpaired) electrons. The Balaban J connectivity index is 1.93. The second-order valence-electron chi connectivity index (χ2n) is 8.28. The average molecular weight is 445 g/mol. The van der Waals surface area contributed by atoms with Crippen molar-refractivity contribution in [3.63, 3.8) is 0 Å². The number of imide groups is 1. The molecule has 33 heavy (non-hydrogen) atoms. The van der Waals surface area contributed by atoms with E-state index < -0.39 is 11.8 Å². The maximum atomic E-state index is 13.3. The molecule has 0 bridgehead atoms. The van der Waals surface area contributed by atoms with Crippen LogP contribution in [0.3, 0.4) is 0 Å². The Bertz CT molecular complexity index is 1140. The van der Waals surface area contributed by atoms with Gasteiger partial charge in [-0.2, -0.15) is 5.26 Å². The van der Waals surface area contributed by atoms with Gasteiger partial charge in [0.05, 0.1) is 13.7 Å². The van der Waals surface area contributed by atoms with Gasteiger partial charge in [0, 0.05) is 12.1 Å². The number of carbonyl (C=O) groups excluding carboxylic acids is 2. The number of rotatable bonds is 8. The third-order valence-electron chi connectivity index (χ3n) is 5.36. The zero-order valence-electron chi connectivity index (χ0n) is 19.4. The molecule has 2 amide bonds. The summed E-state index contributed by atoms with van der Waals surface area (Å²) in [5.41, 5.74) is 2.40.